The highest BCUT2D eigenvalue weighted by molar-refractivity contribution is 9.09. The molecule has 1 aromatic carbocycles. The van der Waals surface area contributed by atoms with Crippen molar-refractivity contribution in [2.24, 2.45) is 0 Å². The van der Waals surface area contributed by atoms with Gasteiger partial charge in [0, 0.05) is 29.9 Å². The second-order valence-electron chi connectivity index (χ2n) is 3.71. The Balaban J connectivity index is 2.16. The fraction of sp³-hybridized carbons (Fsp3) is 0.231. The quantitative estimate of drug-likeness (QED) is 0.881. The van der Waals surface area contributed by atoms with Crippen molar-refractivity contribution < 1.29 is 4.79 Å². The molecule has 17 heavy (non-hydrogen) atoms. The monoisotopic (exact) mass is 292 g/mol. The molecule has 0 aliphatic carbocycles. The van der Waals surface area contributed by atoms with Crippen molar-refractivity contribution in [1.29, 1.82) is 0 Å². The van der Waals surface area contributed by atoms with Gasteiger partial charge in [-0.2, -0.15) is 0 Å². The molecule has 0 radical (unpaired) electrons. The Labute approximate surface area is 108 Å². The van der Waals surface area contributed by atoms with Gasteiger partial charge in [0.05, 0.1) is 5.52 Å². The van der Waals surface area contributed by atoms with Gasteiger partial charge >= 0.3 is 0 Å². The van der Waals surface area contributed by atoms with Gasteiger partial charge in [0.25, 0.3) is 0 Å². The Hall–Kier alpha value is -1.42. The van der Waals surface area contributed by atoms with Gasteiger partial charge in [-0.3, -0.25) is 9.78 Å². The first-order valence-electron chi connectivity index (χ1n) is 5.46. The first-order valence-corrected chi connectivity index (χ1v) is 6.58. The van der Waals surface area contributed by atoms with Crippen LogP contribution in [0, 0.1) is 0 Å². The molecule has 0 saturated carbocycles. The van der Waals surface area contributed by atoms with Crippen molar-refractivity contribution in [3.05, 3.63) is 42.1 Å². The number of aromatic nitrogens is 1. The molecule has 0 aliphatic heterocycles. The summed E-state index contributed by atoms with van der Waals surface area (Å²) in [5.41, 5.74) is 2.00. The summed E-state index contributed by atoms with van der Waals surface area (Å²) in [6, 6.07) is 9.92. The minimum Gasteiger partial charge on any atom is -0.352 e. The maximum Gasteiger partial charge on any atom is 0.221 e. The number of nitrogens with zero attached hydrogens (tertiary/aromatic N) is 1. The summed E-state index contributed by atoms with van der Waals surface area (Å²) in [5.74, 6) is 0.0507. The van der Waals surface area contributed by atoms with Crippen molar-refractivity contribution in [3.63, 3.8) is 0 Å². The molecule has 1 N–H and O–H groups in total. The van der Waals surface area contributed by atoms with E-state index in [1.807, 2.05) is 30.3 Å². The van der Waals surface area contributed by atoms with Crippen LogP contribution in [-0.2, 0) is 11.3 Å². The van der Waals surface area contributed by atoms with Gasteiger partial charge in [-0.05, 0) is 11.6 Å². The zero-order valence-electron chi connectivity index (χ0n) is 9.32. The summed E-state index contributed by atoms with van der Waals surface area (Å²) in [6.07, 6.45) is 2.27. The maximum absolute atomic E-state index is 11.4. The van der Waals surface area contributed by atoms with Crippen LogP contribution in [0.3, 0.4) is 0 Å². The van der Waals surface area contributed by atoms with Gasteiger partial charge in [-0.15, -0.1) is 0 Å². The highest BCUT2D eigenvalue weighted by Gasteiger charge is 2.03. The summed E-state index contributed by atoms with van der Waals surface area (Å²) in [4.78, 5) is 15.7. The topological polar surface area (TPSA) is 42.0 Å². The smallest absolute Gasteiger partial charge is 0.221 e. The molecule has 0 unspecified atom stereocenters. The van der Waals surface area contributed by atoms with Crippen LogP contribution in [0.4, 0.5) is 0 Å². The summed E-state index contributed by atoms with van der Waals surface area (Å²) in [7, 11) is 0. The van der Waals surface area contributed by atoms with Crippen LogP contribution in [-0.4, -0.2) is 16.2 Å². The van der Waals surface area contributed by atoms with E-state index in [1.54, 1.807) is 6.20 Å². The molecule has 0 fully saturated rings. The Morgan fingerprint density at radius 2 is 2.12 bits per heavy atom. The molecule has 1 aromatic heterocycles. The van der Waals surface area contributed by atoms with Gasteiger partial charge in [-0.25, -0.2) is 0 Å². The molecule has 0 saturated heterocycles. The normalized spacial score (nSPS) is 10.4. The summed E-state index contributed by atoms with van der Waals surface area (Å²) in [6.45, 7) is 0.528. The van der Waals surface area contributed by atoms with E-state index in [0.717, 1.165) is 16.5 Å². The van der Waals surface area contributed by atoms with E-state index in [9.17, 15) is 4.79 Å². The van der Waals surface area contributed by atoms with Crippen LogP contribution in [0.5, 0.6) is 0 Å². The number of amides is 1. The van der Waals surface area contributed by atoms with Crippen LogP contribution >= 0.6 is 15.9 Å². The van der Waals surface area contributed by atoms with Crippen LogP contribution in [0.2, 0.25) is 0 Å². The predicted octanol–water partition coefficient (Wildman–Crippen LogP) is 2.64. The second kappa shape index (κ2) is 5.77. The Kier molecular flexibility index (Phi) is 4.09. The summed E-state index contributed by atoms with van der Waals surface area (Å²) < 4.78 is 0. The lowest BCUT2D eigenvalue weighted by Gasteiger charge is -2.07. The first kappa shape index (κ1) is 12.0. The number of halogens is 1. The molecule has 1 heterocycles. The molecule has 1 amide bonds. The lowest BCUT2D eigenvalue weighted by atomic mass is 10.1. The largest absolute Gasteiger partial charge is 0.352 e. The third kappa shape index (κ3) is 3.03. The lowest BCUT2D eigenvalue weighted by Crippen LogP contribution is -2.22. The van der Waals surface area contributed by atoms with E-state index < -0.39 is 0 Å². The van der Waals surface area contributed by atoms with Crippen LogP contribution in [0.15, 0.2) is 36.5 Å². The van der Waals surface area contributed by atoms with Gasteiger partial charge in [0.15, 0.2) is 0 Å². The Bertz CT molecular complexity index is 522. The minimum atomic E-state index is 0.0507. The van der Waals surface area contributed by atoms with Crippen molar-refractivity contribution in [1.82, 2.24) is 10.3 Å². The number of pyridine rings is 1. The molecule has 0 aliphatic rings. The molecule has 0 atom stereocenters. The molecule has 4 heteroatoms. The average Bonchev–Trinajstić information content (AvgIpc) is 2.36. The van der Waals surface area contributed by atoms with E-state index in [0.29, 0.717) is 18.3 Å². The first-order chi connectivity index (χ1) is 8.31. The average molecular weight is 293 g/mol. The SMILES string of the molecule is O=C(CCBr)NCc1cccc2cccnc12. The second-order valence-corrected chi connectivity index (χ2v) is 4.50. The molecule has 0 spiro atoms. The molecule has 88 valence electrons. The molecular weight excluding hydrogens is 280 g/mol. The van der Waals surface area contributed by atoms with Gasteiger partial charge in [0.2, 0.25) is 5.91 Å². The number of rotatable bonds is 4. The van der Waals surface area contributed by atoms with E-state index in [2.05, 4.69) is 26.2 Å². The summed E-state index contributed by atoms with van der Waals surface area (Å²) >= 11 is 3.24. The van der Waals surface area contributed by atoms with Crippen LogP contribution in [0.25, 0.3) is 10.9 Å². The number of carbonyl (C=O) groups excluding carboxylic acids is 1. The lowest BCUT2D eigenvalue weighted by molar-refractivity contribution is -0.120. The van der Waals surface area contributed by atoms with Crippen molar-refractivity contribution in [2.45, 2.75) is 13.0 Å². The number of alkyl halides is 1. The number of carbonyl (C=O) groups is 1. The minimum absolute atomic E-state index is 0.0507. The Morgan fingerprint density at radius 3 is 2.94 bits per heavy atom. The number of para-hydroxylation sites is 1. The number of hydrogen-bond donors (Lipinski definition) is 1. The van der Waals surface area contributed by atoms with E-state index in [4.69, 9.17) is 0 Å². The van der Waals surface area contributed by atoms with Crippen molar-refractivity contribution in [2.75, 3.05) is 5.33 Å². The van der Waals surface area contributed by atoms with Crippen molar-refractivity contribution in [3.8, 4) is 0 Å². The fourth-order valence-electron chi connectivity index (χ4n) is 1.68. The number of fused-ring (bicyclic) bond motifs is 1. The fourth-order valence-corrected chi connectivity index (χ4v) is 2.04. The standard InChI is InChI=1S/C13H13BrN2O/c14-7-6-12(17)16-9-11-4-1-3-10-5-2-8-15-13(10)11/h1-5,8H,6-7,9H2,(H,16,17). The molecule has 0 bridgehead atoms. The Morgan fingerprint density at radius 1 is 1.29 bits per heavy atom. The third-order valence-corrected chi connectivity index (χ3v) is 2.91. The summed E-state index contributed by atoms with van der Waals surface area (Å²) in [5, 5.41) is 4.67. The van der Waals surface area contributed by atoms with E-state index >= 15 is 0 Å². The van der Waals surface area contributed by atoms with Gasteiger partial charge < -0.3 is 5.32 Å². The predicted molar refractivity (Wildman–Crippen MR) is 72.0 cm³/mol. The number of hydrogen-bond acceptors (Lipinski definition) is 2. The zero-order valence-corrected chi connectivity index (χ0v) is 10.9. The number of benzene rings is 1. The van der Waals surface area contributed by atoms with Crippen molar-refractivity contribution >= 4 is 32.7 Å². The zero-order chi connectivity index (χ0) is 12.1. The third-order valence-electron chi connectivity index (χ3n) is 2.51. The van der Waals surface area contributed by atoms with Gasteiger partial charge in [-0.1, -0.05) is 40.2 Å². The van der Waals surface area contributed by atoms with Crippen LogP contribution in [0.1, 0.15) is 12.0 Å². The van der Waals surface area contributed by atoms with Gasteiger partial charge in [0.1, 0.15) is 0 Å². The highest BCUT2D eigenvalue weighted by atomic mass is 79.9. The molecule has 3 nitrogen and oxygen atoms in total. The maximum atomic E-state index is 11.4. The van der Waals surface area contributed by atoms with E-state index in [1.165, 1.54) is 0 Å². The van der Waals surface area contributed by atoms with Crippen LogP contribution < -0.4 is 5.32 Å². The number of nitrogens with one attached hydrogen (secondary N) is 1. The molecule has 2 aromatic rings. The van der Waals surface area contributed by atoms with E-state index in [-0.39, 0.29) is 5.91 Å². The molecular formula is C13H13BrN2O. The highest BCUT2D eigenvalue weighted by Crippen LogP contribution is 2.15. The molecule has 2 rings (SSSR count).